The number of carbonyl (C=O) groups excluding carboxylic acids is 1. The Morgan fingerprint density at radius 3 is 2.95 bits per heavy atom. The van der Waals surface area contributed by atoms with Gasteiger partial charge in [-0.1, -0.05) is 19.1 Å². The summed E-state index contributed by atoms with van der Waals surface area (Å²) in [5.41, 5.74) is 6.60. The topological polar surface area (TPSA) is 64.3 Å². The highest BCUT2D eigenvalue weighted by molar-refractivity contribution is 5.78. The molecule has 2 rings (SSSR count). The van der Waals surface area contributed by atoms with E-state index >= 15 is 0 Å². The van der Waals surface area contributed by atoms with Crippen molar-refractivity contribution < 1.29 is 13.9 Å². The Kier molecular flexibility index (Phi) is 4.95. The third-order valence-corrected chi connectivity index (χ3v) is 3.35. The van der Waals surface area contributed by atoms with E-state index in [0.29, 0.717) is 12.0 Å². The highest BCUT2D eigenvalue weighted by Gasteiger charge is 2.23. The number of ether oxygens (including phenoxy) is 1. The van der Waals surface area contributed by atoms with E-state index in [4.69, 9.17) is 10.5 Å². The molecule has 1 amide bonds. The Hall–Kier alpha value is -1.62. The first-order valence-corrected chi connectivity index (χ1v) is 7.05. The number of benzene rings is 1. The van der Waals surface area contributed by atoms with Crippen LogP contribution in [0.5, 0.6) is 5.75 Å². The number of amides is 1. The van der Waals surface area contributed by atoms with Crippen LogP contribution in [-0.2, 0) is 11.2 Å². The molecule has 1 saturated carbocycles. The molecule has 20 heavy (non-hydrogen) atoms. The molecule has 1 aromatic carbocycles. The molecule has 0 bridgehead atoms. The fourth-order valence-corrected chi connectivity index (χ4v) is 1.94. The number of para-hydroxylation sites is 1. The maximum absolute atomic E-state index is 13.8. The predicted octanol–water partition coefficient (Wildman–Crippen LogP) is 1.76. The molecule has 3 N–H and O–H groups in total. The number of rotatable bonds is 7. The van der Waals surface area contributed by atoms with E-state index in [1.807, 2.05) is 6.92 Å². The third kappa shape index (κ3) is 4.20. The Bertz CT molecular complexity index is 475. The molecule has 5 heteroatoms. The Labute approximate surface area is 118 Å². The van der Waals surface area contributed by atoms with E-state index in [-0.39, 0.29) is 30.3 Å². The maximum atomic E-state index is 13.8. The number of hydrogen-bond acceptors (Lipinski definition) is 3. The number of hydrogen-bond donors (Lipinski definition) is 2. The highest BCUT2D eigenvalue weighted by atomic mass is 19.1. The van der Waals surface area contributed by atoms with Gasteiger partial charge in [-0.2, -0.15) is 0 Å². The predicted molar refractivity (Wildman–Crippen MR) is 75.0 cm³/mol. The summed E-state index contributed by atoms with van der Waals surface area (Å²) in [6, 6.07) is 4.98. The first-order chi connectivity index (χ1) is 9.60. The number of carbonyl (C=O) groups is 1. The molecule has 4 nitrogen and oxygen atoms in total. The minimum atomic E-state index is -0.454. The molecule has 1 aromatic rings. The zero-order chi connectivity index (χ0) is 14.5. The second-order valence-electron chi connectivity index (χ2n) is 5.23. The average Bonchev–Trinajstić information content (AvgIpc) is 3.21. The molecule has 1 fully saturated rings. The number of nitrogens with one attached hydrogen (secondary N) is 1. The van der Waals surface area contributed by atoms with Crippen molar-refractivity contribution in [3.8, 4) is 5.75 Å². The molecule has 0 spiro atoms. The Morgan fingerprint density at radius 1 is 1.55 bits per heavy atom. The molecule has 1 atom stereocenters. The lowest BCUT2D eigenvalue weighted by molar-refractivity contribution is -0.123. The van der Waals surface area contributed by atoms with Gasteiger partial charge in [0.1, 0.15) is 0 Å². The van der Waals surface area contributed by atoms with Crippen molar-refractivity contribution in [1.29, 1.82) is 0 Å². The van der Waals surface area contributed by atoms with E-state index in [9.17, 15) is 9.18 Å². The van der Waals surface area contributed by atoms with Gasteiger partial charge < -0.3 is 15.8 Å². The van der Waals surface area contributed by atoms with Gasteiger partial charge in [-0.25, -0.2) is 4.39 Å². The fourth-order valence-electron chi connectivity index (χ4n) is 1.94. The lowest BCUT2D eigenvalue weighted by atomic mass is 10.0. The molecule has 1 unspecified atom stereocenters. The van der Waals surface area contributed by atoms with Gasteiger partial charge in [0.2, 0.25) is 0 Å². The normalized spacial score (nSPS) is 15.8. The van der Waals surface area contributed by atoms with E-state index < -0.39 is 5.82 Å². The summed E-state index contributed by atoms with van der Waals surface area (Å²) in [5.74, 6) is -0.520. The minimum absolute atomic E-state index is 0.0422. The SMILES string of the molecule is CCC(N)Cc1cccc(F)c1OCC(=O)NC1CC1. The van der Waals surface area contributed by atoms with Crippen LogP contribution >= 0.6 is 0 Å². The standard InChI is InChI=1S/C15H21FN2O2/c1-2-11(17)8-10-4-3-5-13(16)15(10)20-9-14(19)18-12-6-7-12/h3-5,11-12H,2,6-9,17H2,1H3,(H,18,19). The van der Waals surface area contributed by atoms with Crippen molar-refractivity contribution >= 4 is 5.91 Å². The molecule has 110 valence electrons. The van der Waals surface area contributed by atoms with Gasteiger partial charge in [-0.15, -0.1) is 0 Å². The monoisotopic (exact) mass is 280 g/mol. The number of nitrogens with two attached hydrogens (primary N) is 1. The van der Waals surface area contributed by atoms with Crippen molar-refractivity contribution in [2.24, 2.45) is 5.73 Å². The van der Waals surface area contributed by atoms with Crippen molar-refractivity contribution in [3.63, 3.8) is 0 Å². The van der Waals surface area contributed by atoms with Crippen LogP contribution in [0.4, 0.5) is 4.39 Å². The first-order valence-electron chi connectivity index (χ1n) is 7.05. The molecule has 0 radical (unpaired) electrons. The zero-order valence-electron chi connectivity index (χ0n) is 11.7. The Morgan fingerprint density at radius 2 is 2.30 bits per heavy atom. The van der Waals surface area contributed by atoms with E-state index in [1.54, 1.807) is 12.1 Å². The van der Waals surface area contributed by atoms with Crippen molar-refractivity contribution in [2.75, 3.05) is 6.61 Å². The fraction of sp³-hybridized carbons (Fsp3) is 0.533. The van der Waals surface area contributed by atoms with Gasteiger partial charge in [0.05, 0.1) is 0 Å². The van der Waals surface area contributed by atoms with Crippen molar-refractivity contribution in [1.82, 2.24) is 5.32 Å². The number of halogens is 1. The molecule has 0 heterocycles. The molecule has 0 saturated heterocycles. The lowest BCUT2D eigenvalue weighted by Gasteiger charge is -2.15. The molecule has 1 aliphatic rings. The average molecular weight is 280 g/mol. The first kappa shape index (κ1) is 14.8. The van der Waals surface area contributed by atoms with Gasteiger partial charge in [0.15, 0.2) is 18.2 Å². The molecule has 0 aromatic heterocycles. The van der Waals surface area contributed by atoms with Crippen LogP contribution in [0.2, 0.25) is 0 Å². The summed E-state index contributed by atoms with van der Waals surface area (Å²) in [7, 11) is 0. The maximum Gasteiger partial charge on any atom is 0.258 e. The van der Waals surface area contributed by atoms with Crippen molar-refractivity contribution in [3.05, 3.63) is 29.6 Å². The van der Waals surface area contributed by atoms with Crippen LogP contribution in [0.3, 0.4) is 0 Å². The van der Waals surface area contributed by atoms with E-state index in [1.165, 1.54) is 6.07 Å². The van der Waals surface area contributed by atoms with Crippen LogP contribution in [0.15, 0.2) is 18.2 Å². The van der Waals surface area contributed by atoms with Gasteiger partial charge in [0.25, 0.3) is 5.91 Å². The van der Waals surface area contributed by atoms with Gasteiger partial charge in [-0.05, 0) is 37.3 Å². The van der Waals surface area contributed by atoms with Gasteiger partial charge in [0, 0.05) is 12.1 Å². The van der Waals surface area contributed by atoms with Crippen LogP contribution in [0, 0.1) is 5.82 Å². The summed E-state index contributed by atoms with van der Waals surface area (Å²) in [4.78, 5) is 11.6. The second kappa shape index (κ2) is 6.70. The lowest BCUT2D eigenvalue weighted by Crippen LogP contribution is -2.31. The summed E-state index contributed by atoms with van der Waals surface area (Å²) in [6.45, 7) is 1.82. The quantitative estimate of drug-likeness (QED) is 0.800. The third-order valence-electron chi connectivity index (χ3n) is 3.35. The molecule has 0 aliphatic heterocycles. The van der Waals surface area contributed by atoms with E-state index in [2.05, 4.69) is 5.32 Å². The van der Waals surface area contributed by atoms with E-state index in [0.717, 1.165) is 19.3 Å². The molecule has 1 aliphatic carbocycles. The van der Waals surface area contributed by atoms with Crippen LogP contribution < -0.4 is 15.8 Å². The minimum Gasteiger partial charge on any atom is -0.480 e. The largest absolute Gasteiger partial charge is 0.480 e. The Balaban J connectivity index is 1.98. The highest BCUT2D eigenvalue weighted by Crippen LogP contribution is 2.24. The molecular weight excluding hydrogens is 259 g/mol. The van der Waals surface area contributed by atoms with Crippen LogP contribution in [-0.4, -0.2) is 24.6 Å². The zero-order valence-corrected chi connectivity index (χ0v) is 11.7. The smallest absolute Gasteiger partial charge is 0.258 e. The van der Waals surface area contributed by atoms with Crippen LogP contribution in [0.1, 0.15) is 31.7 Å². The summed E-state index contributed by atoms with van der Waals surface area (Å²) >= 11 is 0. The summed E-state index contributed by atoms with van der Waals surface area (Å²) < 4.78 is 19.2. The second-order valence-corrected chi connectivity index (χ2v) is 5.23. The molecular formula is C15H21FN2O2. The van der Waals surface area contributed by atoms with Gasteiger partial charge in [-0.3, -0.25) is 4.79 Å². The van der Waals surface area contributed by atoms with Crippen molar-refractivity contribution in [2.45, 2.75) is 44.7 Å². The van der Waals surface area contributed by atoms with Gasteiger partial charge >= 0.3 is 0 Å². The summed E-state index contributed by atoms with van der Waals surface area (Å²) in [5, 5.41) is 2.80. The summed E-state index contributed by atoms with van der Waals surface area (Å²) in [6.07, 6.45) is 3.37. The van der Waals surface area contributed by atoms with Crippen LogP contribution in [0.25, 0.3) is 0 Å².